The number of esters is 1. The SMILES string of the molecule is CCNC(=NCC(C)(O)c1cc(C)oc1C)NCCC(=O)OC(C)C.I. The van der Waals surface area contributed by atoms with Gasteiger partial charge in [0.1, 0.15) is 17.1 Å². The van der Waals surface area contributed by atoms with Crippen molar-refractivity contribution in [2.24, 2.45) is 4.99 Å². The quantitative estimate of drug-likeness (QED) is 0.229. The smallest absolute Gasteiger partial charge is 0.307 e. The number of aliphatic imine (C=N–C) groups is 1. The summed E-state index contributed by atoms with van der Waals surface area (Å²) in [4.78, 5) is 16.0. The van der Waals surface area contributed by atoms with Gasteiger partial charge in [-0.15, -0.1) is 24.0 Å². The highest BCUT2D eigenvalue weighted by molar-refractivity contribution is 14.0. The number of nitrogens with one attached hydrogen (secondary N) is 2. The number of guanidine groups is 1. The highest BCUT2D eigenvalue weighted by Crippen LogP contribution is 2.27. The molecule has 150 valence electrons. The summed E-state index contributed by atoms with van der Waals surface area (Å²) < 4.78 is 10.6. The molecule has 26 heavy (non-hydrogen) atoms. The van der Waals surface area contributed by atoms with Crippen LogP contribution in [0.3, 0.4) is 0 Å². The molecule has 0 spiro atoms. The van der Waals surface area contributed by atoms with E-state index in [1.165, 1.54) is 0 Å². The fraction of sp³-hybridized carbons (Fsp3) is 0.667. The summed E-state index contributed by atoms with van der Waals surface area (Å²) >= 11 is 0. The van der Waals surface area contributed by atoms with E-state index in [9.17, 15) is 9.90 Å². The van der Waals surface area contributed by atoms with Crippen LogP contribution in [0.5, 0.6) is 0 Å². The van der Waals surface area contributed by atoms with Crippen LogP contribution < -0.4 is 10.6 Å². The zero-order valence-electron chi connectivity index (χ0n) is 16.5. The Hall–Kier alpha value is -1.29. The number of halogens is 1. The molecule has 0 saturated heterocycles. The Morgan fingerprint density at radius 1 is 1.38 bits per heavy atom. The van der Waals surface area contributed by atoms with Gasteiger partial charge in [0.2, 0.25) is 0 Å². The molecule has 0 aromatic carbocycles. The summed E-state index contributed by atoms with van der Waals surface area (Å²) in [6, 6.07) is 1.83. The van der Waals surface area contributed by atoms with Gasteiger partial charge in [0.15, 0.2) is 5.96 Å². The second-order valence-electron chi connectivity index (χ2n) is 6.51. The molecule has 7 nitrogen and oxygen atoms in total. The average molecular weight is 481 g/mol. The van der Waals surface area contributed by atoms with E-state index in [0.717, 1.165) is 11.3 Å². The average Bonchev–Trinajstić information content (AvgIpc) is 2.83. The number of rotatable bonds is 8. The minimum Gasteiger partial charge on any atom is -0.466 e. The highest BCUT2D eigenvalue weighted by Gasteiger charge is 2.27. The van der Waals surface area contributed by atoms with Crippen LogP contribution in [0.1, 0.15) is 51.2 Å². The molecule has 3 N–H and O–H groups in total. The van der Waals surface area contributed by atoms with Gasteiger partial charge in [0.25, 0.3) is 0 Å². The molecule has 1 aromatic heterocycles. The molecular formula is C18H32IN3O4. The van der Waals surface area contributed by atoms with Crippen LogP contribution in [0.2, 0.25) is 0 Å². The summed E-state index contributed by atoms with van der Waals surface area (Å²) in [5, 5.41) is 16.9. The largest absolute Gasteiger partial charge is 0.466 e. The summed E-state index contributed by atoms with van der Waals surface area (Å²) in [6.45, 7) is 12.2. The molecule has 0 bridgehead atoms. The Balaban J connectivity index is 0.00000625. The van der Waals surface area contributed by atoms with Crippen LogP contribution in [-0.2, 0) is 15.1 Å². The molecule has 0 amide bonds. The molecular weight excluding hydrogens is 449 g/mol. The van der Waals surface area contributed by atoms with Crippen molar-refractivity contribution in [3.05, 3.63) is 23.2 Å². The maximum Gasteiger partial charge on any atom is 0.307 e. The number of hydrogen-bond donors (Lipinski definition) is 3. The number of ether oxygens (including phenoxy) is 1. The Labute approximate surface area is 173 Å². The molecule has 0 aliphatic carbocycles. The fourth-order valence-electron chi connectivity index (χ4n) is 2.43. The van der Waals surface area contributed by atoms with E-state index in [0.29, 0.717) is 24.8 Å². The first kappa shape index (κ1) is 24.7. The van der Waals surface area contributed by atoms with Gasteiger partial charge < -0.3 is 24.9 Å². The summed E-state index contributed by atoms with van der Waals surface area (Å²) in [5.41, 5.74) is -0.411. The Morgan fingerprint density at radius 3 is 2.54 bits per heavy atom. The molecule has 1 rings (SSSR count). The van der Waals surface area contributed by atoms with E-state index in [1.54, 1.807) is 6.92 Å². The number of furan rings is 1. The predicted octanol–water partition coefficient (Wildman–Crippen LogP) is 2.62. The van der Waals surface area contributed by atoms with Gasteiger partial charge in [-0.05, 0) is 47.6 Å². The van der Waals surface area contributed by atoms with Gasteiger partial charge in [0.05, 0.1) is 19.1 Å². The van der Waals surface area contributed by atoms with E-state index in [4.69, 9.17) is 9.15 Å². The molecule has 1 heterocycles. The summed E-state index contributed by atoms with van der Waals surface area (Å²) in [6.07, 6.45) is 0.130. The van der Waals surface area contributed by atoms with Crippen molar-refractivity contribution >= 4 is 35.9 Å². The number of carbonyl (C=O) groups excluding carboxylic acids is 1. The van der Waals surface area contributed by atoms with Crippen molar-refractivity contribution in [2.75, 3.05) is 19.6 Å². The third kappa shape index (κ3) is 8.39. The number of aryl methyl sites for hydroxylation is 2. The molecule has 0 saturated carbocycles. The Kier molecular flexibility index (Phi) is 10.9. The van der Waals surface area contributed by atoms with E-state index in [1.807, 2.05) is 40.7 Å². The van der Waals surface area contributed by atoms with Gasteiger partial charge in [0, 0.05) is 18.7 Å². The lowest BCUT2D eigenvalue weighted by Gasteiger charge is -2.21. The normalized spacial score (nSPS) is 13.8. The standard InChI is InChI=1S/C18H31N3O4.HI/c1-7-19-17(20-9-8-16(22)24-12(2)3)21-11-18(6,23)15-10-13(4)25-14(15)5;/h10,12,23H,7-9,11H2,1-6H3,(H2,19,20,21);1H. The first-order valence-electron chi connectivity index (χ1n) is 8.67. The minimum atomic E-state index is -1.14. The number of nitrogens with zero attached hydrogens (tertiary/aromatic N) is 1. The number of carbonyl (C=O) groups is 1. The van der Waals surface area contributed by atoms with Gasteiger partial charge >= 0.3 is 5.97 Å². The van der Waals surface area contributed by atoms with Crippen molar-refractivity contribution in [3.8, 4) is 0 Å². The van der Waals surface area contributed by atoms with Crippen LogP contribution >= 0.6 is 24.0 Å². The molecule has 1 aromatic rings. The van der Waals surface area contributed by atoms with Crippen LogP contribution in [0.25, 0.3) is 0 Å². The third-order valence-corrected chi connectivity index (χ3v) is 3.50. The van der Waals surface area contributed by atoms with Crippen LogP contribution in [0, 0.1) is 13.8 Å². The highest BCUT2D eigenvalue weighted by atomic mass is 127. The predicted molar refractivity (Wildman–Crippen MR) is 113 cm³/mol. The Morgan fingerprint density at radius 2 is 2.04 bits per heavy atom. The lowest BCUT2D eigenvalue weighted by atomic mass is 9.96. The van der Waals surface area contributed by atoms with Crippen LogP contribution in [0.15, 0.2) is 15.5 Å². The maximum absolute atomic E-state index is 11.6. The molecule has 1 unspecified atom stereocenters. The summed E-state index contributed by atoms with van der Waals surface area (Å²) in [7, 11) is 0. The van der Waals surface area contributed by atoms with Crippen LogP contribution in [-0.4, -0.2) is 42.8 Å². The second-order valence-corrected chi connectivity index (χ2v) is 6.51. The van der Waals surface area contributed by atoms with Crippen LogP contribution in [0.4, 0.5) is 0 Å². The van der Waals surface area contributed by atoms with E-state index >= 15 is 0 Å². The molecule has 0 aliphatic heterocycles. The lowest BCUT2D eigenvalue weighted by Crippen LogP contribution is -2.40. The van der Waals surface area contributed by atoms with E-state index in [2.05, 4.69) is 15.6 Å². The second kappa shape index (κ2) is 11.4. The summed E-state index contributed by atoms with van der Waals surface area (Å²) in [5.74, 6) is 1.73. The van der Waals surface area contributed by atoms with Gasteiger partial charge in [-0.3, -0.25) is 4.79 Å². The molecule has 1 atom stereocenters. The monoisotopic (exact) mass is 481 g/mol. The van der Waals surface area contributed by atoms with Crippen molar-refractivity contribution in [3.63, 3.8) is 0 Å². The minimum absolute atomic E-state index is 0. The van der Waals surface area contributed by atoms with Gasteiger partial charge in [-0.1, -0.05) is 0 Å². The molecule has 0 radical (unpaired) electrons. The van der Waals surface area contributed by atoms with Crippen molar-refractivity contribution in [2.45, 2.75) is 59.7 Å². The van der Waals surface area contributed by atoms with E-state index in [-0.39, 0.29) is 49.0 Å². The molecule has 0 aliphatic rings. The lowest BCUT2D eigenvalue weighted by molar-refractivity contribution is -0.147. The maximum atomic E-state index is 11.6. The zero-order valence-corrected chi connectivity index (χ0v) is 18.8. The van der Waals surface area contributed by atoms with Crippen molar-refractivity contribution in [1.29, 1.82) is 0 Å². The van der Waals surface area contributed by atoms with Gasteiger partial charge in [-0.2, -0.15) is 0 Å². The fourth-order valence-corrected chi connectivity index (χ4v) is 2.43. The van der Waals surface area contributed by atoms with Crippen molar-refractivity contribution in [1.82, 2.24) is 10.6 Å². The molecule has 0 fully saturated rings. The third-order valence-electron chi connectivity index (χ3n) is 3.50. The first-order chi connectivity index (χ1) is 11.7. The van der Waals surface area contributed by atoms with Crippen molar-refractivity contribution < 1.29 is 19.1 Å². The van der Waals surface area contributed by atoms with E-state index < -0.39 is 5.60 Å². The number of hydrogen-bond acceptors (Lipinski definition) is 5. The Bertz CT molecular complexity index is 597. The number of aliphatic hydroxyl groups is 1. The molecule has 8 heteroatoms. The zero-order chi connectivity index (χ0) is 19.0. The first-order valence-corrected chi connectivity index (χ1v) is 8.67. The van der Waals surface area contributed by atoms with Gasteiger partial charge in [-0.25, -0.2) is 4.99 Å². The topological polar surface area (TPSA) is 96.1 Å².